The Bertz CT molecular complexity index is 346. The Balaban J connectivity index is 2.44. The van der Waals surface area contributed by atoms with Gasteiger partial charge >= 0.3 is 6.09 Å². The average Bonchev–Trinajstić information content (AvgIpc) is 2.77. The minimum atomic E-state index is -0.478. The van der Waals surface area contributed by atoms with Crippen molar-refractivity contribution in [3.63, 3.8) is 0 Å². The third kappa shape index (κ3) is 5.02. The maximum atomic E-state index is 12.0. The third-order valence-corrected chi connectivity index (χ3v) is 3.54. The van der Waals surface area contributed by atoms with Crippen molar-refractivity contribution in [2.45, 2.75) is 65.5 Å². The van der Waals surface area contributed by atoms with Gasteiger partial charge in [0.25, 0.3) is 0 Å². The molecule has 2 amide bonds. The third-order valence-electron chi connectivity index (χ3n) is 3.54. The lowest BCUT2D eigenvalue weighted by molar-refractivity contribution is -0.125. The molecule has 0 aromatic heterocycles. The molecule has 1 aliphatic heterocycles. The standard InChI is InChI=1S/C15H28N2O3/c1-6-11(7-2)13(18)16-12-8-9-17(10-12)14(19)20-15(3,4)5/h11-12H,6-10H2,1-5H3,(H,16,18). The lowest BCUT2D eigenvalue weighted by Crippen LogP contribution is -2.42. The van der Waals surface area contributed by atoms with Crippen molar-refractivity contribution in [3.8, 4) is 0 Å². The molecular formula is C15H28N2O3. The fourth-order valence-electron chi connectivity index (χ4n) is 2.35. The maximum Gasteiger partial charge on any atom is 0.410 e. The molecule has 0 aromatic carbocycles. The van der Waals surface area contributed by atoms with Crippen LogP contribution in [0.5, 0.6) is 0 Å². The van der Waals surface area contributed by atoms with Gasteiger partial charge in [-0.1, -0.05) is 13.8 Å². The van der Waals surface area contributed by atoms with E-state index in [2.05, 4.69) is 5.32 Å². The van der Waals surface area contributed by atoms with Crippen molar-refractivity contribution in [2.24, 2.45) is 5.92 Å². The Morgan fingerprint density at radius 3 is 2.40 bits per heavy atom. The lowest BCUT2D eigenvalue weighted by Gasteiger charge is -2.24. The van der Waals surface area contributed by atoms with E-state index in [9.17, 15) is 9.59 Å². The zero-order valence-electron chi connectivity index (χ0n) is 13.4. The van der Waals surface area contributed by atoms with Crippen molar-refractivity contribution in [1.82, 2.24) is 10.2 Å². The van der Waals surface area contributed by atoms with Crippen molar-refractivity contribution < 1.29 is 14.3 Å². The molecule has 0 spiro atoms. The van der Waals surface area contributed by atoms with E-state index in [0.717, 1.165) is 19.3 Å². The highest BCUT2D eigenvalue weighted by Crippen LogP contribution is 2.16. The number of ether oxygens (including phenoxy) is 1. The number of carbonyl (C=O) groups excluding carboxylic acids is 2. The zero-order chi connectivity index (χ0) is 15.3. The summed E-state index contributed by atoms with van der Waals surface area (Å²) >= 11 is 0. The zero-order valence-corrected chi connectivity index (χ0v) is 13.4. The van der Waals surface area contributed by atoms with Crippen molar-refractivity contribution in [2.75, 3.05) is 13.1 Å². The molecule has 0 saturated carbocycles. The van der Waals surface area contributed by atoms with Crippen LogP contribution in [0.25, 0.3) is 0 Å². The molecule has 1 heterocycles. The Morgan fingerprint density at radius 1 is 1.30 bits per heavy atom. The van der Waals surface area contributed by atoms with Gasteiger partial charge in [0.15, 0.2) is 0 Å². The van der Waals surface area contributed by atoms with E-state index in [0.29, 0.717) is 13.1 Å². The van der Waals surface area contributed by atoms with Gasteiger partial charge in [-0.2, -0.15) is 0 Å². The summed E-state index contributed by atoms with van der Waals surface area (Å²) in [6.45, 7) is 10.8. The topological polar surface area (TPSA) is 58.6 Å². The van der Waals surface area contributed by atoms with Crippen LogP contribution in [0.15, 0.2) is 0 Å². The number of carbonyl (C=O) groups is 2. The van der Waals surface area contributed by atoms with Crippen LogP contribution < -0.4 is 5.32 Å². The van der Waals surface area contributed by atoms with Gasteiger partial charge in [0.05, 0.1) is 0 Å². The smallest absolute Gasteiger partial charge is 0.410 e. The molecule has 1 atom stereocenters. The molecule has 20 heavy (non-hydrogen) atoms. The molecule has 1 rings (SSSR count). The highest BCUT2D eigenvalue weighted by molar-refractivity contribution is 5.79. The molecule has 1 N–H and O–H groups in total. The van der Waals surface area contributed by atoms with Crippen LogP contribution in [0.3, 0.4) is 0 Å². The van der Waals surface area contributed by atoms with Gasteiger partial charge in [0.2, 0.25) is 5.91 Å². The number of likely N-dealkylation sites (tertiary alicyclic amines) is 1. The van der Waals surface area contributed by atoms with E-state index >= 15 is 0 Å². The lowest BCUT2D eigenvalue weighted by atomic mass is 10.0. The fraction of sp³-hybridized carbons (Fsp3) is 0.867. The predicted molar refractivity (Wildman–Crippen MR) is 78.4 cm³/mol. The number of nitrogens with one attached hydrogen (secondary N) is 1. The molecule has 1 unspecified atom stereocenters. The molecule has 1 saturated heterocycles. The first-order valence-corrected chi connectivity index (χ1v) is 7.55. The van der Waals surface area contributed by atoms with E-state index < -0.39 is 5.60 Å². The normalized spacial score (nSPS) is 19.3. The second-order valence-electron chi connectivity index (χ2n) is 6.43. The largest absolute Gasteiger partial charge is 0.444 e. The predicted octanol–water partition coefficient (Wildman–Crippen LogP) is 2.55. The molecular weight excluding hydrogens is 256 g/mol. The molecule has 5 nitrogen and oxygen atoms in total. The van der Waals surface area contributed by atoms with E-state index in [4.69, 9.17) is 4.74 Å². The van der Waals surface area contributed by atoms with Gasteiger partial charge in [-0.15, -0.1) is 0 Å². The van der Waals surface area contributed by atoms with Gasteiger partial charge in [-0.3, -0.25) is 4.79 Å². The maximum absolute atomic E-state index is 12.0. The van der Waals surface area contributed by atoms with Gasteiger partial charge in [-0.05, 0) is 40.0 Å². The van der Waals surface area contributed by atoms with Crippen LogP contribution in [0.1, 0.15) is 53.9 Å². The quantitative estimate of drug-likeness (QED) is 0.863. The van der Waals surface area contributed by atoms with E-state index in [1.807, 2.05) is 34.6 Å². The van der Waals surface area contributed by atoms with Crippen molar-refractivity contribution in [1.29, 1.82) is 0 Å². The fourth-order valence-corrected chi connectivity index (χ4v) is 2.35. The SMILES string of the molecule is CCC(CC)C(=O)NC1CCN(C(=O)OC(C)(C)C)C1. The van der Waals surface area contributed by atoms with E-state index in [-0.39, 0.29) is 24.0 Å². The monoisotopic (exact) mass is 284 g/mol. The summed E-state index contributed by atoms with van der Waals surface area (Å²) in [4.78, 5) is 25.6. The van der Waals surface area contributed by atoms with Crippen LogP contribution in [-0.2, 0) is 9.53 Å². The first-order chi connectivity index (χ1) is 9.26. The van der Waals surface area contributed by atoms with Gasteiger partial charge in [-0.25, -0.2) is 4.79 Å². The first kappa shape index (κ1) is 16.8. The average molecular weight is 284 g/mol. The molecule has 116 valence electrons. The molecule has 0 bridgehead atoms. The number of amides is 2. The van der Waals surface area contributed by atoms with Crippen LogP contribution in [0, 0.1) is 5.92 Å². The van der Waals surface area contributed by atoms with Crippen LogP contribution in [-0.4, -0.2) is 41.6 Å². The molecule has 1 fully saturated rings. The number of nitrogens with zero attached hydrogens (tertiary/aromatic N) is 1. The summed E-state index contributed by atoms with van der Waals surface area (Å²) in [5, 5.41) is 3.04. The van der Waals surface area contributed by atoms with E-state index in [1.165, 1.54) is 0 Å². The molecule has 1 aliphatic rings. The first-order valence-electron chi connectivity index (χ1n) is 7.55. The molecule has 5 heteroatoms. The summed E-state index contributed by atoms with van der Waals surface area (Å²) in [6, 6.07) is 0.0515. The second kappa shape index (κ2) is 6.95. The van der Waals surface area contributed by atoms with Gasteiger partial charge in [0.1, 0.15) is 5.60 Å². The van der Waals surface area contributed by atoms with Crippen molar-refractivity contribution in [3.05, 3.63) is 0 Å². The van der Waals surface area contributed by atoms with Crippen LogP contribution >= 0.6 is 0 Å². The Morgan fingerprint density at radius 2 is 1.90 bits per heavy atom. The summed E-state index contributed by atoms with van der Waals surface area (Å²) in [5.41, 5.74) is -0.478. The molecule has 0 aliphatic carbocycles. The summed E-state index contributed by atoms with van der Waals surface area (Å²) in [7, 11) is 0. The Hall–Kier alpha value is -1.26. The minimum Gasteiger partial charge on any atom is -0.444 e. The van der Waals surface area contributed by atoms with Crippen LogP contribution in [0.2, 0.25) is 0 Å². The van der Waals surface area contributed by atoms with Gasteiger partial charge in [0, 0.05) is 25.0 Å². The number of hydrogen-bond donors (Lipinski definition) is 1. The molecule has 0 radical (unpaired) electrons. The Kier molecular flexibility index (Phi) is 5.84. The van der Waals surface area contributed by atoms with E-state index in [1.54, 1.807) is 4.90 Å². The Labute approximate surface area is 122 Å². The van der Waals surface area contributed by atoms with Crippen LogP contribution in [0.4, 0.5) is 4.79 Å². The number of hydrogen-bond acceptors (Lipinski definition) is 3. The van der Waals surface area contributed by atoms with Gasteiger partial charge < -0.3 is 15.0 Å². The molecule has 0 aromatic rings. The second-order valence-corrected chi connectivity index (χ2v) is 6.43. The highest BCUT2D eigenvalue weighted by atomic mass is 16.6. The highest BCUT2D eigenvalue weighted by Gasteiger charge is 2.31. The minimum absolute atomic E-state index is 0.0515. The number of rotatable bonds is 4. The summed E-state index contributed by atoms with van der Waals surface area (Å²) < 4.78 is 5.34. The summed E-state index contributed by atoms with van der Waals surface area (Å²) in [6.07, 6.45) is 2.21. The van der Waals surface area contributed by atoms with Crippen molar-refractivity contribution >= 4 is 12.0 Å². The summed E-state index contributed by atoms with van der Waals surface area (Å²) in [5.74, 6) is 0.177.